The minimum Gasteiger partial charge on any atom is -0.254 e. The van der Waals surface area contributed by atoms with Gasteiger partial charge in [0.05, 0.1) is 11.0 Å². The molecule has 0 aromatic carbocycles. The SMILES string of the molecule is Cc1cnc2cc(Br)cnc2c1. The van der Waals surface area contributed by atoms with Crippen LogP contribution in [-0.2, 0) is 0 Å². The maximum Gasteiger partial charge on any atom is 0.0898 e. The summed E-state index contributed by atoms with van der Waals surface area (Å²) in [7, 11) is 0. The molecule has 0 aliphatic rings. The van der Waals surface area contributed by atoms with Crippen molar-refractivity contribution in [1.82, 2.24) is 9.97 Å². The van der Waals surface area contributed by atoms with E-state index in [4.69, 9.17) is 0 Å². The Kier molecular flexibility index (Phi) is 1.81. The van der Waals surface area contributed by atoms with Gasteiger partial charge in [-0.2, -0.15) is 0 Å². The summed E-state index contributed by atoms with van der Waals surface area (Å²) >= 11 is 3.35. The highest BCUT2D eigenvalue weighted by atomic mass is 79.9. The molecule has 2 aromatic rings. The van der Waals surface area contributed by atoms with Crippen molar-refractivity contribution in [3.8, 4) is 0 Å². The number of aromatic nitrogens is 2. The van der Waals surface area contributed by atoms with Gasteiger partial charge in [0.25, 0.3) is 0 Å². The van der Waals surface area contributed by atoms with Gasteiger partial charge in [0.1, 0.15) is 0 Å². The van der Waals surface area contributed by atoms with Crippen LogP contribution >= 0.6 is 15.9 Å². The molecule has 0 unspecified atom stereocenters. The van der Waals surface area contributed by atoms with Gasteiger partial charge >= 0.3 is 0 Å². The maximum absolute atomic E-state index is 4.25. The molecule has 0 saturated carbocycles. The van der Waals surface area contributed by atoms with E-state index in [2.05, 4.69) is 25.9 Å². The molecule has 2 heterocycles. The third-order valence-corrected chi connectivity index (χ3v) is 2.07. The van der Waals surface area contributed by atoms with Gasteiger partial charge in [-0.15, -0.1) is 0 Å². The van der Waals surface area contributed by atoms with Crippen LogP contribution in [0.5, 0.6) is 0 Å². The topological polar surface area (TPSA) is 25.8 Å². The van der Waals surface area contributed by atoms with Crippen LogP contribution in [0.25, 0.3) is 11.0 Å². The normalized spacial score (nSPS) is 10.5. The second-order valence-corrected chi connectivity index (χ2v) is 3.62. The molecular weight excluding hydrogens is 216 g/mol. The van der Waals surface area contributed by atoms with E-state index >= 15 is 0 Å². The largest absolute Gasteiger partial charge is 0.254 e. The molecule has 3 heteroatoms. The molecule has 12 heavy (non-hydrogen) atoms. The predicted octanol–water partition coefficient (Wildman–Crippen LogP) is 2.70. The van der Waals surface area contributed by atoms with Crippen molar-refractivity contribution >= 4 is 27.0 Å². The van der Waals surface area contributed by atoms with Crippen molar-refractivity contribution in [3.63, 3.8) is 0 Å². The minimum absolute atomic E-state index is 0.926. The third kappa shape index (κ3) is 1.32. The molecule has 60 valence electrons. The van der Waals surface area contributed by atoms with Gasteiger partial charge in [0.2, 0.25) is 0 Å². The van der Waals surface area contributed by atoms with Crippen LogP contribution in [-0.4, -0.2) is 9.97 Å². The van der Waals surface area contributed by atoms with E-state index in [1.165, 1.54) is 0 Å². The van der Waals surface area contributed by atoms with Crippen molar-refractivity contribution in [1.29, 1.82) is 0 Å². The van der Waals surface area contributed by atoms with Crippen LogP contribution in [0.3, 0.4) is 0 Å². The van der Waals surface area contributed by atoms with Crippen molar-refractivity contribution in [3.05, 3.63) is 34.6 Å². The van der Waals surface area contributed by atoms with E-state index in [1.54, 1.807) is 6.20 Å². The van der Waals surface area contributed by atoms with E-state index < -0.39 is 0 Å². The Morgan fingerprint density at radius 3 is 2.58 bits per heavy atom. The lowest BCUT2D eigenvalue weighted by Gasteiger charge is -1.97. The lowest BCUT2D eigenvalue weighted by Crippen LogP contribution is -1.83. The molecule has 2 nitrogen and oxygen atoms in total. The van der Waals surface area contributed by atoms with Crippen LogP contribution < -0.4 is 0 Å². The van der Waals surface area contributed by atoms with E-state index in [-0.39, 0.29) is 0 Å². The average molecular weight is 223 g/mol. The highest BCUT2D eigenvalue weighted by Crippen LogP contribution is 2.15. The number of aryl methyl sites for hydroxylation is 1. The van der Waals surface area contributed by atoms with Crippen LogP contribution in [0, 0.1) is 6.92 Å². The monoisotopic (exact) mass is 222 g/mol. The number of hydrogen-bond acceptors (Lipinski definition) is 2. The Morgan fingerprint density at radius 2 is 1.75 bits per heavy atom. The smallest absolute Gasteiger partial charge is 0.0898 e. The summed E-state index contributed by atoms with van der Waals surface area (Å²) < 4.78 is 0.964. The number of halogens is 1. The van der Waals surface area contributed by atoms with E-state index in [0.29, 0.717) is 0 Å². The summed E-state index contributed by atoms with van der Waals surface area (Å²) in [6.45, 7) is 2.01. The lowest BCUT2D eigenvalue weighted by molar-refractivity contribution is 1.28. The molecule has 0 fully saturated rings. The second kappa shape index (κ2) is 2.83. The fourth-order valence-electron chi connectivity index (χ4n) is 1.08. The molecule has 0 atom stereocenters. The van der Waals surface area contributed by atoms with Crippen LogP contribution in [0.1, 0.15) is 5.56 Å². The quantitative estimate of drug-likeness (QED) is 0.686. The number of hydrogen-bond donors (Lipinski definition) is 0. The summed E-state index contributed by atoms with van der Waals surface area (Å²) in [5.74, 6) is 0. The fraction of sp³-hybridized carbons (Fsp3) is 0.111. The summed E-state index contributed by atoms with van der Waals surface area (Å²) in [5, 5.41) is 0. The van der Waals surface area contributed by atoms with Gasteiger partial charge in [0, 0.05) is 16.9 Å². The van der Waals surface area contributed by atoms with Gasteiger partial charge in [-0.05, 0) is 40.5 Å². The lowest BCUT2D eigenvalue weighted by atomic mass is 10.2. The summed E-state index contributed by atoms with van der Waals surface area (Å²) in [4.78, 5) is 8.48. The first-order valence-electron chi connectivity index (χ1n) is 3.63. The van der Waals surface area contributed by atoms with E-state index in [9.17, 15) is 0 Å². The van der Waals surface area contributed by atoms with E-state index in [1.807, 2.05) is 25.3 Å². The fourth-order valence-corrected chi connectivity index (χ4v) is 1.40. The summed E-state index contributed by atoms with van der Waals surface area (Å²) in [6.07, 6.45) is 3.62. The molecule has 0 aliphatic carbocycles. The first-order chi connectivity index (χ1) is 5.75. The van der Waals surface area contributed by atoms with Crippen LogP contribution in [0.4, 0.5) is 0 Å². The van der Waals surface area contributed by atoms with Crippen molar-refractivity contribution in [2.45, 2.75) is 6.92 Å². The first-order valence-corrected chi connectivity index (χ1v) is 4.43. The summed E-state index contributed by atoms with van der Waals surface area (Å²) in [5.41, 5.74) is 3.01. The van der Waals surface area contributed by atoms with Gasteiger partial charge in [-0.25, -0.2) is 0 Å². The van der Waals surface area contributed by atoms with Gasteiger partial charge in [-0.3, -0.25) is 9.97 Å². The first kappa shape index (κ1) is 7.68. The zero-order chi connectivity index (χ0) is 8.55. The molecule has 0 radical (unpaired) electrons. The van der Waals surface area contributed by atoms with Crippen LogP contribution in [0.2, 0.25) is 0 Å². The molecule has 0 aliphatic heterocycles. The molecular formula is C9H7BrN2. The van der Waals surface area contributed by atoms with Gasteiger partial charge < -0.3 is 0 Å². The Morgan fingerprint density at radius 1 is 1.08 bits per heavy atom. The van der Waals surface area contributed by atoms with Gasteiger partial charge in [-0.1, -0.05) is 0 Å². The number of nitrogens with zero attached hydrogens (tertiary/aromatic N) is 2. The Balaban J connectivity index is 2.79. The molecule has 2 rings (SSSR count). The van der Waals surface area contributed by atoms with Crippen LogP contribution in [0.15, 0.2) is 29.0 Å². The highest BCUT2D eigenvalue weighted by Gasteiger charge is 1.96. The second-order valence-electron chi connectivity index (χ2n) is 2.70. The number of pyridine rings is 2. The Labute approximate surface area is 78.8 Å². The molecule has 0 saturated heterocycles. The molecule has 0 amide bonds. The predicted molar refractivity (Wildman–Crippen MR) is 52.0 cm³/mol. The van der Waals surface area contributed by atoms with Crippen molar-refractivity contribution in [2.75, 3.05) is 0 Å². The minimum atomic E-state index is 0.926. The molecule has 0 bridgehead atoms. The highest BCUT2D eigenvalue weighted by molar-refractivity contribution is 9.10. The van der Waals surface area contributed by atoms with Gasteiger partial charge in [0.15, 0.2) is 0 Å². The average Bonchev–Trinajstić information content (AvgIpc) is 2.05. The molecule has 0 spiro atoms. The standard InChI is InChI=1S/C9H7BrN2/c1-6-2-8-9(11-4-6)3-7(10)5-12-8/h2-5H,1H3. The number of rotatable bonds is 0. The molecule has 0 N–H and O–H groups in total. The zero-order valence-corrected chi connectivity index (χ0v) is 8.17. The zero-order valence-electron chi connectivity index (χ0n) is 6.58. The summed E-state index contributed by atoms with van der Waals surface area (Å²) in [6, 6.07) is 3.98. The third-order valence-electron chi connectivity index (χ3n) is 1.64. The number of fused-ring (bicyclic) bond motifs is 1. The maximum atomic E-state index is 4.25. The Bertz CT molecular complexity index is 385. The molecule has 2 aromatic heterocycles. The Hall–Kier alpha value is -0.960. The van der Waals surface area contributed by atoms with Crippen molar-refractivity contribution < 1.29 is 0 Å². The van der Waals surface area contributed by atoms with Crippen molar-refractivity contribution in [2.24, 2.45) is 0 Å². The van der Waals surface area contributed by atoms with E-state index in [0.717, 1.165) is 21.1 Å².